The van der Waals surface area contributed by atoms with Gasteiger partial charge in [-0.15, -0.1) is 0 Å². The number of hydrogen-bond donors (Lipinski definition) is 3. The Morgan fingerprint density at radius 3 is 2.84 bits per heavy atom. The number of aromatic nitrogens is 4. The second-order valence-electron chi connectivity index (χ2n) is 9.15. The number of nitrogens with two attached hydrogens (primary N) is 1. The third-order valence-corrected chi connectivity index (χ3v) is 7.39. The van der Waals surface area contributed by atoms with E-state index in [1.165, 1.54) is 12.5 Å². The van der Waals surface area contributed by atoms with Gasteiger partial charge in [0.2, 0.25) is 5.78 Å². The van der Waals surface area contributed by atoms with Crippen molar-refractivity contribution in [3.05, 3.63) is 69.8 Å². The molecule has 3 aromatic rings. The van der Waals surface area contributed by atoms with Gasteiger partial charge in [0.05, 0.1) is 36.6 Å². The predicted molar refractivity (Wildman–Crippen MR) is 142 cm³/mol. The number of aliphatic hydroxyl groups is 1. The molecular formula is C24H29BrN6O6S. The maximum absolute atomic E-state index is 13.6. The van der Waals surface area contributed by atoms with Crippen LogP contribution in [-0.2, 0) is 25.8 Å². The minimum absolute atomic E-state index is 0.211. The van der Waals surface area contributed by atoms with E-state index in [2.05, 4.69) is 40.5 Å². The van der Waals surface area contributed by atoms with E-state index in [4.69, 9.17) is 9.88 Å². The molecule has 12 nitrogen and oxygen atoms in total. The second-order valence-corrected chi connectivity index (χ2v) is 11.3. The first kappa shape index (κ1) is 28.3. The quantitative estimate of drug-likeness (QED) is 0.274. The highest BCUT2D eigenvalue weighted by Gasteiger charge is 2.35. The Bertz CT molecular complexity index is 1400. The third-order valence-electron chi connectivity index (χ3n) is 6.44. The van der Waals surface area contributed by atoms with E-state index < -0.39 is 22.3 Å². The highest BCUT2D eigenvalue weighted by atomic mass is 79.9. The molecule has 2 aromatic heterocycles. The summed E-state index contributed by atoms with van der Waals surface area (Å²) in [5.74, 6) is -0.532. The number of rotatable bonds is 11. The van der Waals surface area contributed by atoms with Crippen molar-refractivity contribution in [3.8, 4) is 0 Å². The van der Waals surface area contributed by atoms with Gasteiger partial charge in [-0.3, -0.25) is 13.7 Å². The molecule has 1 aliphatic rings. The molecule has 4 rings (SSSR count). The summed E-state index contributed by atoms with van der Waals surface area (Å²) in [6, 6.07) is 9.24. The molecule has 0 radical (unpaired) electrons. The molecule has 38 heavy (non-hydrogen) atoms. The molecule has 4 N–H and O–H groups in total. The van der Waals surface area contributed by atoms with Crippen LogP contribution in [0, 0.1) is 5.92 Å². The number of ketones is 1. The molecule has 0 bridgehead atoms. The Morgan fingerprint density at radius 1 is 1.34 bits per heavy atom. The molecule has 0 aliphatic heterocycles. The van der Waals surface area contributed by atoms with Crippen molar-refractivity contribution in [2.45, 2.75) is 44.6 Å². The Hall–Kier alpha value is -2.75. The number of halogens is 1. The zero-order valence-corrected chi connectivity index (χ0v) is 23.2. The second kappa shape index (κ2) is 12.0. The first-order valence-electron chi connectivity index (χ1n) is 11.9. The van der Waals surface area contributed by atoms with Crippen molar-refractivity contribution in [1.82, 2.24) is 19.7 Å². The van der Waals surface area contributed by atoms with Crippen LogP contribution < -0.4 is 10.5 Å². The van der Waals surface area contributed by atoms with E-state index >= 15 is 0 Å². The molecule has 1 aromatic carbocycles. The number of nitrogens with one attached hydrogen (secondary N) is 1. The highest BCUT2D eigenvalue weighted by Crippen LogP contribution is 2.30. The molecule has 204 valence electrons. The number of anilines is 1. The van der Waals surface area contributed by atoms with Crippen LogP contribution in [0.25, 0.3) is 0 Å². The van der Waals surface area contributed by atoms with Crippen molar-refractivity contribution in [1.29, 1.82) is 0 Å². The molecule has 1 fully saturated rings. The van der Waals surface area contributed by atoms with Crippen LogP contribution in [0.4, 0.5) is 5.82 Å². The average Bonchev–Trinajstić information content (AvgIpc) is 3.44. The topological polar surface area (TPSA) is 172 Å². The van der Waals surface area contributed by atoms with Crippen molar-refractivity contribution in [3.63, 3.8) is 0 Å². The van der Waals surface area contributed by atoms with Gasteiger partial charge >= 0.3 is 10.3 Å². The van der Waals surface area contributed by atoms with Crippen molar-refractivity contribution < 1.29 is 27.2 Å². The lowest BCUT2D eigenvalue weighted by molar-refractivity contribution is 0.101. The summed E-state index contributed by atoms with van der Waals surface area (Å²) in [5, 5.41) is 23.0. The Kier molecular flexibility index (Phi) is 8.90. The van der Waals surface area contributed by atoms with Crippen LogP contribution in [0.1, 0.15) is 53.2 Å². The number of carbonyl (C=O) groups is 1. The van der Waals surface area contributed by atoms with E-state index in [-0.39, 0.29) is 41.6 Å². The van der Waals surface area contributed by atoms with Crippen molar-refractivity contribution in [2.75, 3.05) is 19.0 Å². The fourth-order valence-electron chi connectivity index (χ4n) is 4.45. The normalized spacial score (nSPS) is 20.4. The molecule has 1 unspecified atom stereocenters. The Labute approximate surface area is 229 Å². The molecule has 0 saturated heterocycles. The third kappa shape index (κ3) is 7.01. The van der Waals surface area contributed by atoms with Crippen LogP contribution in [0.15, 0.2) is 47.3 Å². The number of methoxy groups -OCH3 is 1. The highest BCUT2D eigenvalue weighted by molar-refractivity contribution is 9.10. The largest absolute Gasteiger partial charge is 0.393 e. The molecule has 2 heterocycles. The van der Waals surface area contributed by atoms with Gasteiger partial charge in [0, 0.05) is 29.7 Å². The maximum atomic E-state index is 13.6. The van der Waals surface area contributed by atoms with Crippen LogP contribution >= 0.6 is 15.9 Å². The number of aliphatic hydroxyl groups excluding tert-OH is 1. The van der Waals surface area contributed by atoms with Gasteiger partial charge in [-0.05, 0) is 43.5 Å². The smallest absolute Gasteiger partial charge is 0.333 e. The lowest BCUT2D eigenvalue weighted by Crippen LogP contribution is -2.24. The van der Waals surface area contributed by atoms with Gasteiger partial charge in [0.1, 0.15) is 17.8 Å². The number of ether oxygens (including phenoxy) is 1. The molecule has 1 aliphatic carbocycles. The summed E-state index contributed by atoms with van der Waals surface area (Å²) in [6.45, 7) is 2.08. The zero-order chi connectivity index (χ0) is 27.4. The molecule has 14 heteroatoms. The van der Waals surface area contributed by atoms with Crippen LogP contribution in [0.5, 0.6) is 0 Å². The molecule has 1 saturated carbocycles. The first-order valence-corrected chi connectivity index (χ1v) is 14.1. The van der Waals surface area contributed by atoms with Gasteiger partial charge in [0.15, 0.2) is 0 Å². The molecular weight excluding hydrogens is 580 g/mol. The van der Waals surface area contributed by atoms with E-state index in [0.717, 1.165) is 15.7 Å². The minimum atomic E-state index is -4.11. The molecule has 0 amide bonds. The molecule has 0 spiro atoms. The van der Waals surface area contributed by atoms with Crippen molar-refractivity contribution >= 4 is 37.8 Å². The fraction of sp³-hybridized carbons (Fsp3) is 0.417. The van der Waals surface area contributed by atoms with Gasteiger partial charge in [-0.2, -0.15) is 13.5 Å². The van der Waals surface area contributed by atoms with Gasteiger partial charge in [-0.1, -0.05) is 28.1 Å². The van der Waals surface area contributed by atoms with E-state index in [9.17, 15) is 18.3 Å². The lowest BCUT2D eigenvalue weighted by atomic mass is 10.1. The Balaban J connectivity index is 1.55. The van der Waals surface area contributed by atoms with E-state index in [1.807, 2.05) is 31.2 Å². The van der Waals surface area contributed by atoms with Gasteiger partial charge in [-0.25, -0.2) is 15.1 Å². The Morgan fingerprint density at radius 2 is 2.13 bits per heavy atom. The number of benzene rings is 1. The maximum Gasteiger partial charge on any atom is 0.333 e. The monoisotopic (exact) mass is 608 g/mol. The van der Waals surface area contributed by atoms with Crippen LogP contribution in [-0.4, -0.2) is 64.9 Å². The number of hydrogen-bond acceptors (Lipinski definition) is 10. The lowest BCUT2D eigenvalue weighted by Gasteiger charge is -2.15. The summed E-state index contributed by atoms with van der Waals surface area (Å²) in [4.78, 5) is 21.8. The summed E-state index contributed by atoms with van der Waals surface area (Å²) in [5.41, 5.74) is 2.16. The summed E-state index contributed by atoms with van der Waals surface area (Å²) >= 11 is 3.48. The number of nitrogens with zero attached hydrogens (tertiary/aromatic N) is 4. The number of carbonyl (C=O) groups excluding carboxylic acids is 1. The SMILES string of the molecule is COC(C)c1cc(C(=O)c2cncnc2N[C@@H]2C[C@H](COS(N)(=O)=O)[C@@H](O)C2)nn1Cc1cccc(Br)c1. The zero-order valence-electron chi connectivity index (χ0n) is 20.8. The van der Waals surface area contributed by atoms with Gasteiger partial charge in [0.25, 0.3) is 0 Å². The van der Waals surface area contributed by atoms with E-state index in [1.54, 1.807) is 17.9 Å². The average molecular weight is 610 g/mol. The molecule has 4 atom stereocenters. The first-order chi connectivity index (χ1) is 18.0. The predicted octanol–water partition coefficient (Wildman–Crippen LogP) is 2.19. The van der Waals surface area contributed by atoms with Gasteiger partial charge < -0.3 is 15.2 Å². The van der Waals surface area contributed by atoms with Crippen molar-refractivity contribution in [2.24, 2.45) is 11.1 Å². The summed E-state index contributed by atoms with van der Waals surface area (Å²) < 4.78 is 35.1. The summed E-state index contributed by atoms with van der Waals surface area (Å²) in [6.07, 6.45) is 2.32. The standard InChI is InChI=1S/C24H29BrN6O6S/c1-14(36-2)21-9-20(30-31(21)11-15-4-3-5-17(25)6-15)23(33)19-10-27-13-28-24(19)29-18-7-16(22(32)8-18)12-37-38(26,34)35/h3-6,9-10,13-14,16,18,22,32H,7-8,11-12H2,1-2H3,(H2,26,34,35)(H,27,28,29)/t14?,16-,18-,22+/m1/s1. The van der Waals surface area contributed by atoms with Crippen LogP contribution in [0.3, 0.4) is 0 Å². The fourth-order valence-corrected chi connectivity index (χ4v) is 5.26. The van der Waals surface area contributed by atoms with Crippen LogP contribution in [0.2, 0.25) is 0 Å². The van der Waals surface area contributed by atoms with E-state index in [0.29, 0.717) is 19.4 Å². The summed E-state index contributed by atoms with van der Waals surface area (Å²) in [7, 11) is -2.52. The minimum Gasteiger partial charge on any atom is -0.393 e.